The minimum absolute atomic E-state index is 0.565. The summed E-state index contributed by atoms with van der Waals surface area (Å²) in [7, 11) is 0. The van der Waals surface area contributed by atoms with Crippen molar-refractivity contribution in [1.82, 2.24) is 5.32 Å². The van der Waals surface area contributed by atoms with Gasteiger partial charge in [0.25, 0.3) is 0 Å². The summed E-state index contributed by atoms with van der Waals surface area (Å²) in [5, 5.41) is 3.48. The second-order valence-corrected chi connectivity index (χ2v) is 3.97. The summed E-state index contributed by atoms with van der Waals surface area (Å²) in [6, 6.07) is 7.03. The Balaban J connectivity index is 1.97. The van der Waals surface area contributed by atoms with Crippen LogP contribution >= 0.6 is 0 Å². The topological polar surface area (TPSA) is 21.3 Å². The summed E-state index contributed by atoms with van der Waals surface area (Å²) in [6.07, 6.45) is 0. The van der Waals surface area contributed by atoms with Gasteiger partial charge in [-0.2, -0.15) is 0 Å². The van der Waals surface area contributed by atoms with Crippen molar-refractivity contribution < 1.29 is 4.74 Å². The molecule has 1 heterocycles. The number of hydrogen-bond donors (Lipinski definition) is 1. The van der Waals surface area contributed by atoms with Crippen molar-refractivity contribution in [3.63, 3.8) is 0 Å². The molecule has 0 spiro atoms. The van der Waals surface area contributed by atoms with Crippen LogP contribution in [0, 0.1) is 13.8 Å². The summed E-state index contributed by atoms with van der Waals surface area (Å²) in [6.45, 7) is 7.03. The van der Waals surface area contributed by atoms with Crippen molar-refractivity contribution in [2.45, 2.75) is 26.4 Å². The minimum atomic E-state index is 0.565. The highest BCUT2D eigenvalue weighted by atomic mass is 16.5. The lowest BCUT2D eigenvalue weighted by atomic mass is 10.0. The molecule has 0 aromatic heterocycles. The molecule has 0 atom stereocenters. The molecule has 14 heavy (non-hydrogen) atoms. The molecular weight excluding hydrogens is 174 g/mol. The normalized spacial score (nSPS) is 16.7. The number of nitrogens with one attached hydrogen (secondary N) is 1. The van der Waals surface area contributed by atoms with Crippen molar-refractivity contribution in [3.8, 4) is 0 Å². The molecule has 0 radical (unpaired) electrons. The van der Waals surface area contributed by atoms with Gasteiger partial charge >= 0.3 is 0 Å². The van der Waals surface area contributed by atoms with Gasteiger partial charge in [0.2, 0.25) is 0 Å². The van der Waals surface area contributed by atoms with Crippen LogP contribution in [-0.2, 0) is 11.3 Å². The van der Waals surface area contributed by atoms with Crippen molar-refractivity contribution in [3.05, 3.63) is 34.9 Å². The number of rotatable bonds is 3. The fraction of sp³-hybridized carbons (Fsp3) is 0.500. The molecule has 0 unspecified atom stereocenters. The molecule has 1 aliphatic rings. The highest BCUT2D eigenvalue weighted by Crippen LogP contribution is 2.13. The third-order valence-corrected chi connectivity index (χ3v) is 2.94. The summed E-state index contributed by atoms with van der Waals surface area (Å²) in [5.41, 5.74) is 4.17. The Morgan fingerprint density at radius 2 is 2.14 bits per heavy atom. The molecule has 1 N–H and O–H groups in total. The molecule has 1 aliphatic heterocycles. The van der Waals surface area contributed by atoms with E-state index in [0.29, 0.717) is 6.04 Å². The lowest BCUT2D eigenvalue weighted by Crippen LogP contribution is -2.45. The Bertz CT molecular complexity index is 318. The highest BCUT2D eigenvalue weighted by Gasteiger charge is 2.17. The Morgan fingerprint density at radius 3 is 2.79 bits per heavy atom. The Hall–Kier alpha value is -0.860. The summed E-state index contributed by atoms with van der Waals surface area (Å²) in [4.78, 5) is 0. The third-order valence-electron chi connectivity index (χ3n) is 2.94. The molecule has 1 fully saturated rings. The monoisotopic (exact) mass is 191 g/mol. The highest BCUT2D eigenvalue weighted by molar-refractivity contribution is 5.32. The predicted molar refractivity (Wildman–Crippen MR) is 57.4 cm³/mol. The smallest absolute Gasteiger partial charge is 0.0643 e. The Kier molecular flexibility index (Phi) is 2.85. The number of benzene rings is 1. The summed E-state index contributed by atoms with van der Waals surface area (Å²) in [5.74, 6) is 0. The largest absolute Gasteiger partial charge is 0.378 e. The van der Waals surface area contributed by atoms with Gasteiger partial charge in [-0.1, -0.05) is 18.2 Å². The molecule has 1 aromatic carbocycles. The first kappa shape index (κ1) is 9.69. The summed E-state index contributed by atoms with van der Waals surface area (Å²) >= 11 is 0. The number of aryl methyl sites for hydroxylation is 1. The predicted octanol–water partition coefficient (Wildman–Crippen LogP) is 1.79. The fourth-order valence-corrected chi connectivity index (χ4v) is 1.61. The SMILES string of the molecule is Cc1cccc(CNC2COC2)c1C. The molecule has 0 bridgehead atoms. The number of ether oxygens (including phenoxy) is 1. The van der Waals surface area contributed by atoms with Crippen LogP contribution in [0.1, 0.15) is 16.7 Å². The van der Waals surface area contributed by atoms with Crippen molar-refractivity contribution in [2.24, 2.45) is 0 Å². The van der Waals surface area contributed by atoms with E-state index in [-0.39, 0.29) is 0 Å². The maximum atomic E-state index is 5.11. The van der Waals surface area contributed by atoms with Gasteiger partial charge in [-0.3, -0.25) is 0 Å². The Labute approximate surface area is 85.3 Å². The van der Waals surface area contributed by atoms with Crippen LogP contribution in [0.5, 0.6) is 0 Å². The standard InChI is InChI=1S/C12H17NO/c1-9-4-3-5-11(10(9)2)6-13-12-7-14-8-12/h3-5,12-13H,6-8H2,1-2H3. The van der Waals surface area contributed by atoms with Crippen LogP contribution < -0.4 is 5.32 Å². The van der Waals surface area contributed by atoms with Gasteiger partial charge in [-0.15, -0.1) is 0 Å². The third kappa shape index (κ3) is 1.97. The van der Waals surface area contributed by atoms with E-state index in [1.807, 2.05) is 0 Å². The number of hydrogen-bond acceptors (Lipinski definition) is 2. The van der Waals surface area contributed by atoms with Crippen molar-refractivity contribution in [2.75, 3.05) is 13.2 Å². The van der Waals surface area contributed by atoms with E-state index in [4.69, 9.17) is 4.74 Å². The zero-order chi connectivity index (χ0) is 9.97. The van der Waals surface area contributed by atoms with E-state index in [2.05, 4.69) is 37.4 Å². The fourth-order valence-electron chi connectivity index (χ4n) is 1.61. The van der Waals surface area contributed by atoms with E-state index in [1.165, 1.54) is 16.7 Å². The van der Waals surface area contributed by atoms with Crippen LogP contribution in [0.25, 0.3) is 0 Å². The zero-order valence-electron chi connectivity index (χ0n) is 8.84. The lowest BCUT2D eigenvalue weighted by Gasteiger charge is -2.27. The van der Waals surface area contributed by atoms with E-state index in [0.717, 1.165) is 19.8 Å². The van der Waals surface area contributed by atoms with Crippen LogP contribution in [0.15, 0.2) is 18.2 Å². The second kappa shape index (κ2) is 4.11. The van der Waals surface area contributed by atoms with Crippen LogP contribution in [0.3, 0.4) is 0 Å². The van der Waals surface area contributed by atoms with E-state index < -0.39 is 0 Å². The molecule has 1 saturated heterocycles. The van der Waals surface area contributed by atoms with E-state index >= 15 is 0 Å². The molecular formula is C12H17NO. The quantitative estimate of drug-likeness (QED) is 0.786. The molecule has 0 aliphatic carbocycles. The molecule has 0 amide bonds. The van der Waals surface area contributed by atoms with Gasteiger partial charge < -0.3 is 10.1 Å². The first-order valence-electron chi connectivity index (χ1n) is 5.13. The Morgan fingerprint density at radius 1 is 1.36 bits per heavy atom. The van der Waals surface area contributed by atoms with Crippen LogP contribution in [-0.4, -0.2) is 19.3 Å². The average molecular weight is 191 g/mol. The first-order valence-corrected chi connectivity index (χ1v) is 5.13. The van der Waals surface area contributed by atoms with Crippen molar-refractivity contribution >= 4 is 0 Å². The maximum absolute atomic E-state index is 5.11. The average Bonchev–Trinajstić information content (AvgIpc) is 2.09. The van der Waals surface area contributed by atoms with Gasteiger partial charge in [-0.05, 0) is 30.5 Å². The molecule has 2 rings (SSSR count). The van der Waals surface area contributed by atoms with Crippen molar-refractivity contribution in [1.29, 1.82) is 0 Å². The molecule has 2 heteroatoms. The van der Waals surface area contributed by atoms with Gasteiger partial charge in [-0.25, -0.2) is 0 Å². The van der Waals surface area contributed by atoms with E-state index in [9.17, 15) is 0 Å². The van der Waals surface area contributed by atoms with E-state index in [1.54, 1.807) is 0 Å². The molecule has 2 nitrogen and oxygen atoms in total. The first-order chi connectivity index (χ1) is 6.77. The second-order valence-electron chi connectivity index (χ2n) is 3.97. The van der Waals surface area contributed by atoms with Gasteiger partial charge in [0.1, 0.15) is 0 Å². The van der Waals surface area contributed by atoms with Gasteiger partial charge in [0, 0.05) is 6.54 Å². The molecule has 76 valence electrons. The lowest BCUT2D eigenvalue weighted by molar-refractivity contribution is -0.00580. The minimum Gasteiger partial charge on any atom is -0.378 e. The van der Waals surface area contributed by atoms with Gasteiger partial charge in [0.05, 0.1) is 19.3 Å². The summed E-state index contributed by atoms with van der Waals surface area (Å²) < 4.78 is 5.11. The van der Waals surface area contributed by atoms with Crippen LogP contribution in [0.4, 0.5) is 0 Å². The maximum Gasteiger partial charge on any atom is 0.0643 e. The molecule has 0 saturated carbocycles. The van der Waals surface area contributed by atoms with Crippen LogP contribution in [0.2, 0.25) is 0 Å². The zero-order valence-corrected chi connectivity index (χ0v) is 8.84. The molecule has 1 aromatic rings. The van der Waals surface area contributed by atoms with Gasteiger partial charge in [0.15, 0.2) is 0 Å².